The largest absolute Gasteiger partial charge is 0.494 e. The number of pyridine rings is 1. The van der Waals surface area contributed by atoms with Gasteiger partial charge in [0.05, 0.1) is 37.6 Å². The van der Waals surface area contributed by atoms with Crippen LogP contribution in [0.15, 0.2) is 79.0 Å². The molecule has 2 atom stereocenters. The van der Waals surface area contributed by atoms with Crippen LogP contribution in [0.25, 0.3) is 5.69 Å². The Morgan fingerprint density at radius 3 is 2.33 bits per heavy atom. The van der Waals surface area contributed by atoms with Gasteiger partial charge in [-0.3, -0.25) is 4.98 Å². The molecule has 2 fully saturated rings. The molecule has 2 aliphatic heterocycles. The van der Waals surface area contributed by atoms with Crippen LogP contribution in [0.3, 0.4) is 0 Å². The van der Waals surface area contributed by atoms with E-state index >= 15 is 0 Å². The molecule has 2 aliphatic rings. The van der Waals surface area contributed by atoms with Gasteiger partial charge in [-0.1, -0.05) is 6.07 Å². The van der Waals surface area contributed by atoms with Gasteiger partial charge in [-0.25, -0.2) is 0 Å². The molecule has 4 aromatic rings. The summed E-state index contributed by atoms with van der Waals surface area (Å²) in [5.74, 6) is 0.848. The van der Waals surface area contributed by atoms with Gasteiger partial charge in [0, 0.05) is 47.7 Å². The summed E-state index contributed by atoms with van der Waals surface area (Å²) in [4.78, 5) is 9.32. The van der Waals surface area contributed by atoms with E-state index in [0.29, 0.717) is 11.7 Å². The van der Waals surface area contributed by atoms with Crippen LogP contribution in [0, 0.1) is 13.8 Å². The van der Waals surface area contributed by atoms with Crippen molar-refractivity contribution in [2.75, 3.05) is 42.7 Å². The number of morpholine rings is 1. The highest BCUT2D eigenvalue weighted by Gasteiger charge is 2.42. The zero-order valence-electron chi connectivity index (χ0n) is 23.2. The minimum absolute atomic E-state index is 0.0760. The molecule has 0 unspecified atom stereocenters. The van der Waals surface area contributed by atoms with Crippen LogP contribution in [-0.4, -0.2) is 47.6 Å². The van der Waals surface area contributed by atoms with E-state index < -0.39 is 0 Å². The summed E-state index contributed by atoms with van der Waals surface area (Å²) >= 11 is 5.95. The summed E-state index contributed by atoms with van der Waals surface area (Å²) in [7, 11) is 0. The Balaban J connectivity index is 1.40. The maximum atomic E-state index is 5.95. The minimum Gasteiger partial charge on any atom is -0.494 e. The Hall–Kier alpha value is -3.88. The summed E-state index contributed by atoms with van der Waals surface area (Å²) in [5.41, 5.74) is 7.94. The molecule has 206 valence electrons. The number of hydrogen-bond acceptors (Lipinski definition) is 5. The number of hydrogen-bond donors (Lipinski definition) is 1. The van der Waals surface area contributed by atoms with Crippen LogP contribution < -0.4 is 19.9 Å². The summed E-state index contributed by atoms with van der Waals surface area (Å²) in [6, 6.07) is 25.2. The molecule has 0 saturated carbocycles. The summed E-state index contributed by atoms with van der Waals surface area (Å²) in [6.45, 7) is 10.4. The van der Waals surface area contributed by atoms with Crippen molar-refractivity contribution < 1.29 is 9.47 Å². The second kappa shape index (κ2) is 11.3. The van der Waals surface area contributed by atoms with E-state index in [-0.39, 0.29) is 12.1 Å². The van der Waals surface area contributed by atoms with Crippen molar-refractivity contribution in [3.05, 3.63) is 102 Å². The molecule has 0 bridgehead atoms. The first-order chi connectivity index (χ1) is 19.5. The smallest absolute Gasteiger partial charge is 0.174 e. The second-order valence-electron chi connectivity index (χ2n) is 10.2. The van der Waals surface area contributed by atoms with Crippen molar-refractivity contribution >= 4 is 28.7 Å². The van der Waals surface area contributed by atoms with Crippen LogP contribution in [-0.2, 0) is 4.74 Å². The molecule has 0 aliphatic carbocycles. The lowest BCUT2D eigenvalue weighted by molar-refractivity contribution is 0.122. The fourth-order valence-electron chi connectivity index (χ4n) is 5.94. The zero-order valence-corrected chi connectivity index (χ0v) is 24.0. The molecule has 8 heteroatoms. The fraction of sp³-hybridized carbons (Fsp3) is 0.312. The molecule has 1 N–H and O–H groups in total. The van der Waals surface area contributed by atoms with Crippen LogP contribution in [0.2, 0.25) is 0 Å². The molecule has 2 aromatic heterocycles. The Bertz CT molecular complexity index is 1460. The first-order valence-corrected chi connectivity index (χ1v) is 14.3. The van der Waals surface area contributed by atoms with Gasteiger partial charge in [0.15, 0.2) is 5.11 Å². The number of aromatic nitrogens is 2. The number of nitrogens with one attached hydrogen (secondary N) is 1. The van der Waals surface area contributed by atoms with Gasteiger partial charge in [0.2, 0.25) is 0 Å². The van der Waals surface area contributed by atoms with E-state index in [1.54, 1.807) is 0 Å². The molecule has 2 aromatic carbocycles. The average Bonchev–Trinajstić information content (AvgIpc) is 3.49. The Kier molecular flexibility index (Phi) is 7.45. The van der Waals surface area contributed by atoms with Crippen molar-refractivity contribution in [3.8, 4) is 11.4 Å². The molecule has 6 rings (SSSR count). The number of thiocarbonyl (C=S) groups is 1. The van der Waals surface area contributed by atoms with Gasteiger partial charge < -0.3 is 29.2 Å². The van der Waals surface area contributed by atoms with Crippen molar-refractivity contribution in [3.63, 3.8) is 0 Å². The van der Waals surface area contributed by atoms with Crippen LogP contribution in [0.4, 0.5) is 11.4 Å². The van der Waals surface area contributed by atoms with Gasteiger partial charge in [-0.2, -0.15) is 0 Å². The van der Waals surface area contributed by atoms with Gasteiger partial charge in [-0.15, -0.1) is 0 Å². The van der Waals surface area contributed by atoms with Gasteiger partial charge in [-0.05, 0) is 105 Å². The summed E-state index contributed by atoms with van der Waals surface area (Å²) in [6.07, 6.45) is 1.84. The molecule has 2 saturated heterocycles. The number of anilines is 2. The normalized spacial score (nSPS) is 19.1. The quantitative estimate of drug-likeness (QED) is 0.286. The van der Waals surface area contributed by atoms with E-state index in [4.69, 9.17) is 26.7 Å². The third-order valence-corrected chi connectivity index (χ3v) is 8.11. The average molecular weight is 554 g/mol. The standard InChI is InChI=1S/C32H35N5O2S/c1-4-39-27-14-12-26(13-15-27)37-31(30(34-32(37)40)29-7-5-6-16-33-29)28-21-22(2)36(23(28)3)25-10-8-24(9-11-25)35-17-19-38-20-18-35/h5-16,21,30-31H,4,17-20H2,1-3H3,(H,34,40)/t30-,31+/m0/s1. The summed E-state index contributed by atoms with van der Waals surface area (Å²) in [5, 5.41) is 4.27. The number of ether oxygens (including phenoxy) is 2. The molecular weight excluding hydrogens is 518 g/mol. The monoisotopic (exact) mass is 553 g/mol. The van der Waals surface area contributed by atoms with Crippen LogP contribution in [0.1, 0.15) is 41.7 Å². The first-order valence-electron chi connectivity index (χ1n) is 13.9. The lowest BCUT2D eigenvalue weighted by atomic mass is 9.96. The van der Waals surface area contributed by atoms with Crippen LogP contribution in [0.5, 0.6) is 5.75 Å². The zero-order chi connectivity index (χ0) is 27.6. The number of benzene rings is 2. The third kappa shape index (κ3) is 4.93. The Morgan fingerprint density at radius 2 is 1.65 bits per heavy atom. The van der Waals surface area contributed by atoms with E-state index in [2.05, 4.69) is 82.1 Å². The highest BCUT2D eigenvalue weighted by Crippen LogP contribution is 2.44. The molecule has 4 heterocycles. The van der Waals surface area contributed by atoms with E-state index in [1.165, 1.54) is 22.6 Å². The molecule has 0 spiro atoms. The van der Waals surface area contributed by atoms with Gasteiger partial charge in [0.25, 0.3) is 0 Å². The fourth-order valence-corrected chi connectivity index (χ4v) is 6.28. The second-order valence-corrected chi connectivity index (χ2v) is 10.6. The lowest BCUT2D eigenvalue weighted by Crippen LogP contribution is -2.36. The van der Waals surface area contributed by atoms with E-state index in [0.717, 1.165) is 49.1 Å². The van der Waals surface area contributed by atoms with Crippen molar-refractivity contribution in [2.24, 2.45) is 0 Å². The van der Waals surface area contributed by atoms with Crippen molar-refractivity contribution in [1.82, 2.24) is 14.9 Å². The minimum atomic E-state index is -0.0992. The number of rotatable bonds is 7. The summed E-state index contributed by atoms with van der Waals surface area (Å²) < 4.78 is 13.6. The molecule has 0 radical (unpaired) electrons. The molecule has 40 heavy (non-hydrogen) atoms. The maximum Gasteiger partial charge on any atom is 0.174 e. The van der Waals surface area contributed by atoms with Crippen molar-refractivity contribution in [1.29, 1.82) is 0 Å². The topological polar surface area (TPSA) is 54.8 Å². The lowest BCUT2D eigenvalue weighted by Gasteiger charge is -2.29. The molecule has 0 amide bonds. The predicted molar refractivity (Wildman–Crippen MR) is 164 cm³/mol. The van der Waals surface area contributed by atoms with Gasteiger partial charge >= 0.3 is 0 Å². The molecular formula is C32H35N5O2S. The highest BCUT2D eigenvalue weighted by molar-refractivity contribution is 7.80. The van der Waals surface area contributed by atoms with Crippen LogP contribution >= 0.6 is 12.2 Å². The van der Waals surface area contributed by atoms with E-state index in [1.807, 2.05) is 37.4 Å². The Labute approximate surface area is 241 Å². The van der Waals surface area contributed by atoms with Gasteiger partial charge in [0.1, 0.15) is 5.75 Å². The predicted octanol–water partition coefficient (Wildman–Crippen LogP) is 5.90. The number of aryl methyl sites for hydroxylation is 1. The van der Waals surface area contributed by atoms with Crippen molar-refractivity contribution in [2.45, 2.75) is 32.9 Å². The Morgan fingerprint density at radius 1 is 0.950 bits per heavy atom. The maximum absolute atomic E-state index is 5.95. The third-order valence-electron chi connectivity index (χ3n) is 7.80. The SMILES string of the molecule is CCOc1ccc(N2C(=S)N[C@@H](c3ccccn3)[C@H]2c2cc(C)n(-c3ccc(N4CCOCC4)cc3)c2C)cc1. The first kappa shape index (κ1) is 26.3. The number of nitrogens with zero attached hydrogens (tertiary/aromatic N) is 4. The highest BCUT2D eigenvalue weighted by atomic mass is 32.1. The van der Waals surface area contributed by atoms with E-state index in [9.17, 15) is 0 Å². The molecule has 7 nitrogen and oxygen atoms in total.